The third-order valence-corrected chi connectivity index (χ3v) is 2.45. The summed E-state index contributed by atoms with van der Waals surface area (Å²) in [6, 6.07) is 0. The number of aromatic nitrogens is 2. The van der Waals surface area contributed by atoms with Gasteiger partial charge in [-0.05, 0) is 0 Å². The smallest absolute Gasteiger partial charge is 0.265 e. The zero-order valence-electron chi connectivity index (χ0n) is 6.20. The molecule has 0 N–H and O–H groups in total. The number of hydrogen-bond donors (Lipinski definition) is 0. The minimum Gasteiger partial charge on any atom is -0.469 e. The van der Waals surface area contributed by atoms with E-state index in [0.717, 1.165) is 24.8 Å². The molecule has 12 heavy (non-hydrogen) atoms. The minimum absolute atomic E-state index is 0.0893. The highest BCUT2D eigenvalue weighted by atomic mass is 35.5. The van der Waals surface area contributed by atoms with Crippen molar-refractivity contribution in [2.45, 2.75) is 12.5 Å². The molecule has 1 aliphatic heterocycles. The van der Waals surface area contributed by atoms with Crippen LogP contribution >= 0.6 is 23.3 Å². The Morgan fingerprint density at radius 3 is 3.08 bits per heavy atom. The second kappa shape index (κ2) is 3.55. The van der Waals surface area contributed by atoms with Gasteiger partial charge in [-0.3, -0.25) is 0 Å². The molecule has 1 aromatic rings. The number of nitrogens with zero attached hydrogens (tertiary/aromatic N) is 2. The van der Waals surface area contributed by atoms with E-state index in [1.54, 1.807) is 0 Å². The summed E-state index contributed by atoms with van der Waals surface area (Å²) >= 11 is 6.74. The van der Waals surface area contributed by atoms with Crippen LogP contribution in [0.15, 0.2) is 0 Å². The van der Waals surface area contributed by atoms with Crippen LogP contribution in [-0.2, 0) is 4.74 Å². The van der Waals surface area contributed by atoms with Crippen LogP contribution in [0.2, 0.25) is 5.15 Å². The van der Waals surface area contributed by atoms with Crippen LogP contribution in [0.1, 0.15) is 6.42 Å². The average Bonchev–Trinajstić information content (AvgIpc) is 2.65. The van der Waals surface area contributed by atoms with Crippen molar-refractivity contribution >= 4 is 23.3 Å². The van der Waals surface area contributed by atoms with Gasteiger partial charge in [-0.15, -0.1) is 4.37 Å². The Morgan fingerprint density at radius 1 is 1.58 bits per heavy atom. The fourth-order valence-electron chi connectivity index (χ4n) is 1.00. The van der Waals surface area contributed by atoms with Crippen molar-refractivity contribution < 1.29 is 9.47 Å². The number of hydrogen-bond acceptors (Lipinski definition) is 5. The van der Waals surface area contributed by atoms with E-state index in [0.29, 0.717) is 17.6 Å². The van der Waals surface area contributed by atoms with Crippen LogP contribution in [-0.4, -0.2) is 28.1 Å². The molecule has 1 aromatic heterocycles. The molecule has 2 heterocycles. The first-order valence-corrected chi connectivity index (χ1v) is 4.69. The van der Waals surface area contributed by atoms with Gasteiger partial charge in [0.25, 0.3) is 5.88 Å². The van der Waals surface area contributed by atoms with E-state index in [2.05, 4.69) is 8.75 Å². The van der Waals surface area contributed by atoms with Gasteiger partial charge in [0.15, 0.2) is 0 Å². The topological polar surface area (TPSA) is 44.2 Å². The van der Waals surface area contributed by atoms with Crippen LogP contribution in [0, 0.1) is 0 Å². The maximum Gasteiger partial charge on any atom is 0.265 e. The molecule has 66 valence electrons. The first-order chi connectivity index (χ1) is 5.86. The summed E-state index contributed by atoms with van der Waals surface area (Å²) in [6.45, 7) is 1.37. The molecule has 0 aromatic carbocycles. The monoisotopic (exact) mass is 206 g/mol. The molecule has 0 amide bonds. The molecule has 0 aliphatic carbocycles. The molecule has 4 nitrogen and oxygen atoms in total. The molecule has 2 rings (SSSR count). The molecule has 1 saturated heterocycles. The summed E-state index contributed by atoms with van der Waals surface area (Å²) in [5.41, 5.74) is 0. The summed E-state index contributed by atoms with van der Waals surface area (Å²) in [4.78, 5) is 0. The molecule has 0 bridgehead atoms. The van der Waals surface area contributed by atoms with E-state index < -0.39 is 0 Å². The van der Waals surface area contributed by atoms with E-state index in [4.69, 9.17) is 21.1 Å². The quantitative estimate of drug-likeness (QED) is 0.733. The van der Waals surface area contributed by atoms with Crippen LogP contribution < -0.4 is 4.74 Å². The summed E-state index contributed by atoms with van der Waals surface area (Å²) in [6.07, 6.45) is 0.986. The molecule has 1 unspecified atom stereocenters. The SMILES string of the molecule is Clc1nsnc1OC1CCOC1. The lowest BCUT2D eigenvalue weighted by molar-refractivity contribution is 0.139. The Hall–Kier alpha value is -0.390. The summed E-state index contributed by atoms with van der Waals surface area (Å²) < 4.78 is 18.2. The van der Waals surface area contributed by atoms with E-state index >= 15 is 0 Å². The Labute approximate surface area is 78.8 Å². The van der Waals surface area contributed by atoms with Crippen molar-refractivity contribution in [3.8, 4) is 5.88 Å². The van der Waals surface area contributed by atoms with Crippen LogP contribution in [0.25, 0.3) is 0 Å². The number of ether oxygens (including phenoxy) is 2. The molecule has 1 atom stereocenters. The fraction of sp³-hybridized carbons (Fsp3) is 0.667. The van der Waals surface area contributed by atoms with Gasteiger partial charge in [0.2, 0.25) is 5.15 Å². The molecule has 0 radical (unpaired) electrons. The molecule has 0 saturated carbocycles. The van der Waals surface area contributed by atoms with Crippen molar-refractivity contribution in [3.63, 3.8) is 0 Å². The normalized spacial score (nSPS) is 22.9. The van der Waals surface area contributed by atoms with Gasteiger partial charge in [-0.25, -0.2) is 0 Å². The molecule has 6 heteroatoms. The predicted octanol–water partition coefficient (Wildman–Crippen LogP) is 1.36. The highest BCUT2D eigenvalue weighted by molar-refractivity contribution is 6.99. The predicted molar refractivity (Wildman–Crippen MR) is 44.8 cm³/mol. The van der Waals surface area contributed by atoms with E-state index in [1.165, 1.54) is 0 Å². The Morgan fingerprint density at radius 2 is 2.50 bits per heavy atom. The van der Waals surface area contributed by atoms with Gasteiger partial charge in [-0.2, -0.15) is 4.37 Å². The average molecular weight is 207 g/mol. The first-order valence-electron chi connectivity index (χ1n) is 3.59. The lowest BCUT2D eigenvalue weighted by Gasteiger charge is -2.07. The van der Waals surface area contributed by atoms with Crippen molar-refractivity contribution in [2.75, 3.05) is 13.2 Å². The molecule has 1 fully saturated rings. The first kappa shape index (κ1) is 8.22. The fourth-order valence-corrected chi connectivity index (χ4v) is 1.63. The third-order valence-electron chi connectivity index (χ3n) is 1.59. The van der Waals surface area contributed by atoms with Crippen molar-refractivity contribution in [3.05, 3.63) is 5.15 Å². The number of rotatable bonds is 2. The number of halogens is 1. The van der Waals surface area contributed by atoms with Gasteiger partial charge in [0.05, 0.1) is 24.9 Å². The lowest BCUT2D eigenvalue weighted by Crippen LogP contribution is -2.15. The Bertz CT molecular complexity index is 262. The van der Waals surface area contributed by atoms with Crippen molar-refractivity contribution in [2.24, 2.45) is 0 Å². The van der Waals surface area contributed by atoms with Crippen LogP contribution in [0.4, 0.5) is 0 Å². The maximum absolute atomic E-state index is 5.69. The summed E-state index contributed by atoms with van der Waals surface area (Å²) in [5.74, 6) is 0.428. The Balaban J connectivity index is 1.98. The maximum atomic E-state index is 5.69. The van der Waals surface area contributed by atoms with Gasteiger partial charge >= 0.3 is 0 Å². The van der Waals surface area contributed by atoms with Crippen molar-refractivity contribution in [1.29, 1.82) is 0 Å². The zero-order chi connectivity index (χ0) is 8.39. The summed E-state index contributed by atoms with van der Waals surface area (Å²) in [7, 11) is 0. The lowest BCUT2D eigenvalue weighted by atomic mass is 10.3. The van der Waals surface area contributed by atoms with Gasteiger partial charge in [-0.1, -0.05) is 11.6 Å². The van der Waals surface area contributed by atoms with Crippen LogP contribution in [0.5, 0.6) is 5.88 Å². The zero-order valence-corrected chi connectivity index (χ0v) is 7.77. The van der Waals surface area contributed by atoms with Gasteiger partial charge in [0, 0.05) is 6.42 Å². The molecule has 0 spiro atoms. The van der Waals surface area contributed by atoms with Crippen LogP contribution in [0.3, 0.4) is 0 Å². The van der Waals surface area contributed by atoms with Gasteiger partial charge < -0.3 is 9.47 Å². The van der Waals surface area contributed by atoms with E-state index in [9.17, 15) is 0 Å². The highest BCUT2D eigenvalue weighted by Crippen LogP contribution is 2.23. The molecular formula is C6H7ClN2O2S. The highest BCUT2D eigenvalue weighted by Gasteiger charge is 2.19. The molecule has 1 aliphatic rings. The summed E-state index contributed by atoms with van der Waals surface area (Å²) in [5, 5.41) is 0.340. The van der Waals surface area contributed by atoms with Gasteiger partial charge in [0.1, 0.15) is 6.10 Å². The second-order valence-electron chi connectivity index (χ2n) is 2.46. The molecular weight excluding hydrogens is 200 g/mol. The largest absolute Gasteiger partial charge is 0.469 e. The Kier molecular flexibility index (Phi) is 2.43. The second-order valence-corrected chi connectivity index (χ2v) is 3.35. The third kappa shape index (κ3) is 1.68. The van der Waals surface area contributed by atoms with Crippen molar-refractivity contribution in [1.82, 2.24) is 8.75 Å². The minimum atomic E-state index is 0.0893. The van der Waals surface area contributed by atoms with E-state index in [-0.39, 0.29) is 6.10 Å². The van der Waals surface area contributed by atoms with E-state index in [1.807, 2.05) is 0 Å². The standard InChI is InChI=1S/C6H7ClN2O2S/c7-5-6(9-12-8-5)11-4-1-2-10-3-4/h4H,1-3H2.